The van der Waals surface area contributed by atoms with Crippen LogP contribution in [0.5, 0.6) is 0 Å². The molecule has 0 radical (unpaired) electrons. The van der Waals surface area contributed by atoms with Crippen molar-refractivity contribution < 1.29 is 4.79 Å². The van der Waals surface area contributed by atoms with Crippen LogP contribution in [0.3, 0.4) is 0 Å². The van der Waals surface area contributed by atoms with Gasteiger partial charge in [-0.25, -0.2) is 0 Å². The van der Waals surface area contributed by atoms with E-state index in [9.17, 15) is 4.79 Å². The number of nitrogens with one attached hydrogen (secondary N) is 1. The highest BCUT2D eigenvalue weighted by atomic mass is 16.1. The van der Waals surface area contributed by atoms with Gasteiger partial charge in [-0.05, 0) is 36.5 Å². The van der Waals surface area contributed by atoms with Gasteiger partial charge in [-0.3, -0.25) is 4.79 Å². The van der Waals surface area contributed by atoms with E-state index in [-0.39, 0.29) is 5.91 Å². The molecule has 0 unspecified atom stereocenters. The molecule has 0 saturated carbocycles. The topological polar surface area (TPSA) is 29.1 Å². The molecule has 1 N–H and O–H groups in total. The van der Waals surface area contributed by atoms with Crippen LogP contribution in [-0.4, -0.2) is 12.5 Å². The molecule has 2 aromatic rings. The summed E-state index contributed by atoms with van der Waals surface area (Å²) in [5, 5.41) is 3.08. The fourth-order valence-corrected chi connectivity index (χ4v) is 2.91. The van der Waals surface area contributed by atoms with Crippen molar-refractivity contribution >= 4 is 5.91 Å². The number of benzene rings is 2. The van der Waals surface area contributed by atoms with Crippen LogP contribution >= 0.6 is 0 Å². The first-order valence-electron chi connectivity index (χ1n) is 9.21. The Labute approximate surface area is 146 Å². The molecule has 0 bridgehead atoms. The van der Waals surface area contributed by atoms with Gasteiger partial charge in [0.1, 0.15) is 0 Å². The van der Waals surface area contributed by atoms with Crippen LogP contribution in [0.4, 0.5) is 0 Å². The SMILES string of the molecule is CCCCCCCNC(=O)c1ccccc1CCc1ccccc1. The molecule has 128 valence electrons. The van der Waals surface area contributed by atoms with Gasteiger partial charge in [0.15, 0.2) is 0 Å². The van der Waals surface area contributed by atoms with Gasteiger partial charge >= 0.3 is 0 Å². The molecule has 2 aromatic carbocycles. The van der Waals surface area contributed by atoms with E-state index < -0.39 is 0 Å². The molecule has 2 rings (SSSR count). The highest BCUT2D eigenvalue weighted by Gasteiger charge is 2.10. The van der Waals surface area contributed by atoms with Crippen molar-refractivity contribution in [2.45, 2.75) is 51.9 Å². The van der Waals surface area contributed by atoms with Gasteiger partial charge in [0.05, 0.1) is 0 Å². The van der Waals surface area contributed by atoms with E-state index in [4.69, 9.17) is 0 Å². The standard InChI is InChI=1S/C22H29NO/c1-2-3-4-5-11-18-23-22(24)21-15-10-9-14-20(21)17-16-19-12-7-6-8-13-19/h6-10,12-15H,2-5,11,16-18H2,1H3,(H,23,24). The number of carbonyl (C=O) groups is 1. The van der Waals surface area contributed by atoms with Crippen molar-refractivity contribution in [3.8, 4) is 0 Å². The molecule has 0 aromatic heterocycles. The Bertz CT molecular complexity index is 606. The highest BCUT2D eigenvalue weighted by Crippen LogP contribution is 2.13. The van der Waals surface area contributed by atoms with Gasteiger partial charge in [-0.1, -0.05) is 81.1 Å². The van der Waals surface area contributed by atoms with E-state index in [2.05, 4.69) is 42.6 Å². The maximum atomic E-state index is 12.5. The smallest absolute Gasteiger partial charge is 0.251 e. The molecule has 1 amide bonds. The molecule has 0 saturated heterocycles. The van der Waals surface area contributed by atoms with Crippen LogP contribution in [0.1, 0.15) is 60.5 Å². The molecular weight excluding hydrogens is 294 g/mol. The monoisotopic (exact) mass is 323 g/mol. The van der Waals surface area contributed by atoms with Crippen molar-refractivity contribution in [3.05, 3.63) is 71.3 Å². The second kappa shape index (κ2) is 10.6. The Hall–Kier alpha value is -2.09. The van der Waals surface area contributed by atoms with E-state index in [0.717, 1.165) is 36.9 Å². The number of unbranched alkanes of at least 4 members (excludes halogenated alkanes) is 4. The zero-order valence-corrected chi connectivity index (χ0v) is 14.8. The Morgan fingerprint density at radius 3 is 2.33 bits per heavy atom. The largest absolute Gasteiger partial charge is 0.352 e. The van der Waals surface area contributed by atoms with Gasteiger partial charge in [0.2, 0.25) is 0 Å². The van der Waals surface area contributed by atoms with E-state index in [1.165, 1.54) is 31.2 Å². The van der Waals surface area contributed by atoms with Gasteiger partial charge < -0.3 is 5.32 Å². The number of aryl methyl sites for hydroxylation is 2. The van der Waals surface area contributed by atoms with Crippen molar-refractivity contribution in [3.63, 3.8) is 0 Å². The summed E-state index contributed by atoms with van der Waals surface area (Å²) in [6.07, 6.45) is 7.92. The van der Waals surface area contributed by atoms with Gasteiger partial charge in [0, 0.05) is 12.1 Å². The summed E-state index contributed by atoms with van der Waals surface area (Å²) in [7, 11) is 0. The molecule has 0 aliphatic carbocycles. The minimum Gasteiger partial charge on any atom is -0.352 e. The molecule has 0 spiro atoms. The average molecular weight is 323 g/mol. The summed E-state index contributed by atoms with van der Waals surface area (Å²) in [6.45, 7) is 2.99. The summed E-state index contributed by atoms with van der Waals surface area (Å²) in [6, 6.07) is 18.4. The molecule has 0 aliphatic heterocycles. The third-order valence-electron chi connectivity index (χ3n) is 4.35. The fraction of sp³-hybridized carbons (Fsp3) is 0.409. The molecule has 0 heterocycles. The summed E-state index contributed by atoms with van der Waals surface area (Å²) >= 11 is 0. The molecule has 0 fully saturated rings. The number of carbonyl (C=O) groups excluding carboxylic acids is 1. The number of amides is 1. The zero-order valence-electron chi connectivity index (χ0n) is 14.8. The van der Waals surface area contributed by atoms with E-state index in [0.29, 0.717) is 0 Å². The first kappa shape index (κ1) is 18.3. The fourth-order valence-electron chi connectivity index (χ4n) is 2.91. The molecular formula is C22H29NO. The number of rotatable bonds is 10. The van der Waals surface area contributed by atoms with Crippen molar-refractivity contribution in [2.75, 3.05) is 6.54 Å². The molecule has 2 nitrogen and oxygen atoms in total. The lowest BCUT2D eigenvalue weighted by Crippen LogP contribution is -2.25. The third kappa shape index (κ3) is 6.19. The van der Waals surface area contributed by atoms with Crippen LogP contribution in [0.2, 0.25) is 0 Å². The number of hydrogen-bond donors (Lipinski definition) is 1. The third-order valence-corrected chi connectivity index (χ3v) is 4.35. The minimum atomic E-state index is 0.0640. The summed E-state index contributed by atoms with van der Waals surface area (Å²) in [5.41, 5.74) is 3.26. The van der Waals surface area contributed by atoms with E-state index in [1.54, 1.807) is 0 Å². The minimum absolute atomic E-state index is 0.0640. The van der Waals surface area contributed by atoms with Crippen molar-refractivity contribution in [1.29, 1.82) is 0 Å². The lowest BCUT2D eigenvalue weighted by Gasteiger charge is -2.10. The Balaban J connectivity index is 1.84. The van der Waals surface area contributed by atoms with Crippen LogP contribution in [0, 0.1) is 0 Å². The van der Waals surface area contributed by atoms with Gasteiger partial charge in [0.25, 0.3) is 5.91 Å². The van der Waals surface area contributed by atoms with Gasteiger partial charge in [-0.2, -0.15) is 0 Å². The first-order chi connectivity index (χ1) is 11.8. The lowest BCUT2D eigenvalue weighted by atomic mass is 9.99. The van der Waals surface area contributed by atoms with Crippen molar-refractivity contribution in [1.82, 2.24) is 5.32 Å². The number of hydrogen-bond acceptors (Lipinski definition) is 1. The normalized spacial score (nSPS) is 10.5. The van der Waals surface area contributed by atoms with Crippen LogP contribution in [0.25, 0.3) is 0 Å². The van der Waals surface area contributed by atoms with Crippen molar-refractivity contribution in [2.24, 2.45) is 0 Å². The van der Waals surface area contributed by atoms with Crippen LogP contribution in [-0.2, 0) is 12.8 Å². The molecule has 2 heteroatoms. The lowest BCUT2D eigenvalue weighted by molar-refractivity contribution is 0.0952. The quantitative estimate of drug-likeness (QED) is 0.600. The maximum absolute atomic E-state index is 12.5. The second-order valence-corrected chi connectivity index (χ2v) is 6.31. The maximum Gasteiger partial charge on any atom is 0.251 e. The Kier molecular flexibility index (Phi) is 8.09. The molecule has 24 heavy (non-hydrogen) atoms. The summed E-state index contributed by atoms with van der Waals surface area (Å²) in [5.74, 6) is 0.0640. The zero-order chi connectivity index (χ0) is 17.0. The summed E-state index contributed by atoms with van der Waals surface area (Å²) in [4.78, 5) is 12.5. The van der Waals surface area contributed by atoms with Crippen LogP contribution < -0.4 is 5.32 Å². The second-order valence-electron chi connectivity index (χ2n) is 6.31. The Morgan fingerprint density at radius 2 is 1.54 bits per heavy atom. The average Bonchev–Trinajstić information content (AvgIpc) is 2.64. The van der Waals surface area contributed by atoms with Crippen LogP contribution in [0.15, 0.2) is 54.6 Å². The van der Waals surface area contributed by atoms with E-state index in [1.807, 2.05) is 24.3 Å². The molecule has 0 atom stereocenters. The predicted octanol–water partition coefficient (Wildman–Crippen LogP) is 5.17. The molecule has 0 aliphatic rings. The highest BCUT2D eigenvalue weighted by molar-refractivity contribution is 5.95. The van der Waals surface area contributed by atoms with E-state index >= 15 is 0 Å². The first-order valence-corrected chi connectivity index (χ1v) is 9.21. The predicted molar refractivity (Wildman–Crippen MR) is 101 cm³/mol. The summed E-state index contributed by atoms with van der Waals surface area (Å²) < 4.78 is 0. The Morgan fingerprint density at radius 1 is 0.833 bits per heavy atom. The van der Waals surface area contributed by atoms with Gasteiger partial charge in [-0.15, -0.1) is 0 Å².